The first-order valence-electron chi connectivity index (χ1n) is 10.3. The van der Waals surface area contributed by atoms with Crippen molar-refractivity contribution in [1.29, 1.82) is 0 Å². The molecule has 1 aliphatic heterocycles. The van der Waals surface area contributed by atoms with Crippen LogP contribution >= 0.6 is 22.7 Å². The highest BCUT2D eigenvalue weighted by molar-refractivity contribution is 7.14. The molecule has 1 fully saturated rings. The van der Waals surface area contributed by atoms with Crippen LogP contribution in [0.3, 0.4) is 0 Å². The monoisotopic (exact) mass is 474 g/mol. The maximum absolute atomic E-state index is 12.7. The number of hydrogen-bond donors (Lipinski definition) is 1. The molecule has 4 rings (SSSR count). The third-order valence-electron chi connectivity index (χ3n) is 5.02. The third-order valence-corrected chi connectivity index (χ3v) is 6.72. The first-order chi connectivity index (χ1) is 15.4. The molecule has 3 aromatic rings. The predicted octanol–water partition coefficient (Wildman–Crippen LogP) is 4.15. The van der Waals surface area contributed by atoms with Crippen LogP contribution in [0.25, 0.3) is 10.6 Å². The second-order valence-corrected chi connectivity index (χ2v) is 9.37. The summed E-state index contributed by atoms with van der Waals surface area (Å²) in [5.41, 5.74) is 2.15. The summed E-state index contributed by atoms with van der Waals surface area (Å²) in [4.78, 5) is 24.1. The minimum Gasteiger partial charge on any atom is -0.493 e. The number of rotatable bonds is 7. The lowest BCUT2D eigenvalue weighted by Gasteiger charge is -2.34. The van der Waals surface area contributed by atoms with Crippen LogP contribution in [0.2, 0.25) is 0 Å². The Bertz CT molecular complexity index is 1070. The van der Waals surface area contributed by atoms with Crippen LogP contribution in [-0.4, -0.2) is 60.3 Å². The van der Waals surface area contributed by atoms with Crippen molar-refractivity contribution in [3.05, 3.63) is 40.3 Å². The standard InChI is InChI=1S/C22H26N4O4S2/c1-13-8-26(9-14(2)30-13)10-16-11-32-22(23-16)25-20(27)17-12-31-21(24-17)15-5-6-18(28-3)19(7-15)29-4/h5-7,11-14H,8-10H2,1-4H3,(H,23,25,27)/t13-,14+. The van der Waals surface area contributed by atoms with Crippen LogP contribution in [0.4, 0.5) is 5.13 Å². The average Bonchev–Trinajstić information content (AvgIpc) is 3.42. The first-order valence-corrected chi connectivity index (χ1v) is 12.0. The Morgan fingerprint density at radius 2 is 1.88 bits per heavy atom. The zero-order valence-corrected chi connectivity index (χ0v) is 20.1. The highest BCUT2D eigenvalue weighted by Crippen LogP contribution is 2.33. The minimum absolute atomic E-state index is 0.209. The molecule has 1 N–H and O–H groups in total. The van der Waals surface area contributed by atoms with Gasteiger partial charge in [0.25, 0.3) is 5.91 Å². The fourth-order valence-corrected chi connectivity index (χ4v) is 5.21. The number of thiazole rings is 2. The van der Waals surface area contributed by atoms with E-state index in [9.17, 15) is 4.79 Å². The van der Waals surface area contributed by atoms with Crippen molar-refractivity contribution in [3.8, 4) is 22.1 Å². The lowest BCUT2D eigenvalue weighted by Crippen LogP contribution is -2.44. The molecule has 0 bridgehead atoms. The van der Waals surface area contributed by atoms with Crippen molar-refractivity contribution in [2.24, 2.45) is 0 Å². The number of benzene rings is 1. The lowest BCUT2D eigenvalue weighted by molar-refractivity contribution is -0.0707. The number of hydrogen-bond acceptors (Lipinski definition) is 9. The normalized spacial score (nSPS) is 19.0. The van der Waals surface area contributed by atoms with Crippen molar-refractivity contribution >= 4 is 33.7 Å². The van der Waals surface area contributed by atoms with E-state index in [4.69, 9.17) is 14.2 Å². The van der Waals surface area contributed by atoms with Gasteiger partial charge in [-0.2, -0.15) is 0 Å². The molecule has 2 atom stereocenters. The molecule has 3 heterocycles. The molecule has 170 valence electrons. The molecule has 2 aromatic heterocycles. The third kappa shape index (κ3) is 5.26. The minimum atomic E-state index is -0.275. The van der Waals surface area contributed by atoms with Crippen LogP contribution in [0.1, 0.15) is 30.0 Å². The topological polar surface area (TPSA) is 85.8 Å². The number of anilines is 1. The Hall–Kier alpha value is -2.53. The smallest absolute Gasteiger partial charge is 0.276 e. The summed E-state index contributed by atoms with van der Waals surface area (Å²) in [6.07, 6.45) is 0.419. The maximum atomic E-state index is 12.7. The van der Waals surface area contributed by atoms with Crippen LogP contribution in [0.15, 0.2) is 29.0 Å². The van der Waals surface area contributed by atoms with Gasteiger partial charge in [-0.05, 0) is 32.0 Å². The molecule has 0 radical (unpaired) electrons. The Morgan fingerprint density at radius 1 is 1.12 bits per heavy atom. The van der Waals surface area contributed by atoms with Crippen LogP contribution < -0.4 is 14.8 Å². The number of carbonyl (C=O) groups excluding carboxylic acids is 1. The van der Waals surface area contributed by atoms with E-state index < -0.39 is 0 Å². The molecular formula is C22H26N4O4S2. The summed E-state index contributed by atoms with van der Waals surface area (Å²) in [5, 5.41) is 7.89. The Kier molecular flexibility index (Phi) is 7.04. The number of nitrogens with zero attached hydrogens (tertiary/aromatic N) is 3. The van der Waals surface area contributed by atoms with E-state index in [0.29, 0.717) is 22.3 Å². The van der Waals surface area contributed by atoms with Crippen molar-refractivity contribution in [2.75, 3.05) is 32.6 Å². The summed E-state index contributed by atoms with van der Waals surface area (Å²) in [7, 11) is 3.18. The van der Waals surface area contributed by atoms with Gasteiger partial charge in [-0.25, -0.2) is 9.97 Å². The zero-order valence-electron chi connectivity index (χ0n) is 18.5. The Morgan fingerprint density at radius 3 is 2.59 bits per heavy atom. The van der Waals surface area contributed by atoms with Gasteiger partial charge in [0.15, 0.2) is 16.6 Å². The largest absolute Gasteiger partial charge is 0.493 e. The molecular weight excluding hydrogens is 448 g/mol. The van der Waals surface area contributed by atoms with Crippen LogP contribution in [0.5, 0.6) is 11.5 Å². The molecule has 1 aliphatic rings. The maximum Gasteiger partial charge on any atom is 0.276 e. The fraction of sp³-hybridized carbons (Fsp3) is 0.409. The quantitative estimate of drug-likeness (QED) is 0.551. The summed E-state index contributed by atoms with van der Waals surface area (Å²) >= 11 is 2.82. The number of morpholine rings is 1. The first kappa shape index (κ1) is 22.7. The summed E-state index contributed by atoms with van der Waals surface area (Å²) in [6.45, 7) is 6.66. The van der Waals surface area contributed by atoms with Crippen molar-refractivity contribution < 1.29 is 19.0 Å². The van der Waals surface area contributed by atoms with Gasteiger partial charge in [0.05, 0.1) is 32.1 Å². The van der Waals surface area contributed by atoms with E-state index in [1.54, 1.807) is 19.6 Å². The van der Waals surface area contributed by atoms with E-state index in [1.165, 1.54) is 22.7 Å². The molecule has 10 heteroatoms. The number of aromatic nitrogens is 2. The Balaban J connectivity index is 1.40. The van der Waals surface area contributed by atoms with Crippen LogP contribution in [-0.2, 0) is 11.3 Å². The van der Waals surface area contributed by atoms with Crippen molar-refractivity contribution in [1.82, 2.24) is 14.9 Å². The molecule has 32 heavy (non-hydrogen) atoms. The SMILES string of the molecule is COc1ccc(-c2nc(C(=O)Nc3nc(CN4C[C@@H](C)O[C@@H](C)C4)cs3)cs2)cc1OC. The van der Waals surface area contributed by atoms with E-state index in [-0.39, 0.29) is 18.1 Å². The predicted molar refractivity (Wildman–Crippen MR) is 126 cm³/mol. The molecule has 0 saturated carbocycles. The van der Waals surface area contributed by atoms with E-state index in [2.05, 4.69) is 34.0 Å². The Labute approximate surface area is 195 Å². The van der Waals surface area contributed by atoms with E-state index >= 15 is 0 Å². The van der Waals surface area contributed by atoms with Crippen LogP contribution in [0, 0.1) is 0 Å². The molecule has 1 amide bonds. The fourth-order valence-electron chi connectivity index (χ4n) is 3.72. The van der Waals surface area contributed by atoms with Gasteiger partial charge >= 0.3 is 0 Å². The second kappa shape index (κ2) is 9.95. The van der Waals surface area contributed by atoms with Gasteiger partial charge in [-0.15, -0.1) is 22.7 Å². The summed E-state index contributed by atoms with van der Waals surface area (Å²) in [6, 6.07) is 5.56. The number of ether oxygens (including phenoxy) is 3. The zero-order chi connectivity index (χ0) is 22.7. The average molecular weight is 475 g/mol. The highest BCUT2D eigenvalue weighted by atomic mass is 32.1. The van der Waals surface area contributed by atoms with Gasteiger partial charge in [0, 0.05) is 36.0 Å². The summed E-state index contributed by atoms with van der Waals surface area (Å²) < 4.78 is 16.4. The lowest BCUT2D eigenvalue weighted by atomic mass is 10.2. The number of carbonyl (C=O) groups is 1. The van der Waals surface area contributed by atoms with Crippen molar-refractivity contribution in [3.63, 3.8) is 0 Å². The second-order valence-electron chi connectivity index (χ2n) is 7.66. The molecule has 1 aromatic carbocycles. The molecule has 0 aliphatic carbocycles. The molecule has 1 saturated heterocycles. The number of methoxy groups -OCH3 is 2. The summed E-state index contributed by atoms with van der Waals surface area (Å²) in [5.74, 6) is 0.986. The number of amides is 1. The number of nitrogens with one attached hydrogen (secondary N) is 1. The highest BCUT2D eigenvalue weighted by Gasteiger charge is 2.23. The van der Waals surface area contributed by atoms with Crippen molar-refractivity contribution in [2.45, 2.75) is 32.6 Å². The molecule has 0 unspecified atom stereocenters. The van der Waals surface area contributed by atoms with Gasteiger partial charge in [0.1, 0.15) is 10.7 Å². The van der Waals surface area contributed by atoms with Gasteiger partial charge in [-0.1, -0.05) is 0 Å². The van der Waals surface area contributed by atoms with Gasteiger partial charge < -0.3 is 14.2 Å². The van der Waals surface area contributed by atoms with E-state index in [1.807, 2.05) is 23.6 Å². The van der Waals surface area contributed by atoms with Gasteiger partial charge in [-0.3, -0.25) is 15.0 Å². The van der Waals surface area contributed by atoms with E-state index in [0.717, 1.165) is 35.9 Å². The molecule has 0 spiro atoms. The van der Waals surface area contributed by atoms with Gasteiger partial charge in [0.2, 0.25) is 0 Å². The molecule has 8 nitrogen and oxygen atoms in total.